The van der Waals surface area contributed by atoms with E-state index in [1.807, 2.05) is 0 Å². The zero-order valence-electron chi connectivity index (χ0n) is 10.7. The first-order chi connectivity index (χ1) is 9.09. The van der Waals surface area contributed by atoms with Crippen LogP contribution in [0.3, 0.4) is 0 Å². The molecule has 1 saturated heterocycles. The van der Waals surface area contributed by atoms with Crippen LogP contribution in [-0.4, -0.2) is 23.0 Å². The Morgan fingerprint density at radius 1 is 1.11 bits per heavy atom. The first-order valence-electron chi connectivity index (χ1n) is 6.58. The minimum absolute atomic E-state index is 0.303. The number of nitrogens with zero attached hydrogens (tertiary/aromatic N) is 1. The Hall–Kier alpha value is -1.07. The molecule has 0 aliphatic carbocycles. The number of nitrogens with two attached hydrogens (primary N) is 1. The van der Waals surface area contributed by atoms with Gasteiger partial charge in [-0.3, -0.25) is 4.90 Å². The van der Waals surface area contributed by atoms with Crippen LogP contribution in [0.15, 0.2) is 18.2 Å². The van der Waals surface area contributed by atoms with Crippen LogP contribution >= 0.6 is 12.2 Å². The van der Waals surface area contributed by atoms with Gasteiger partial charge in [0.05, 0.1) is 11.0 Å². The molecular weight excluding hydrogens is 266 g/mol. The van der Waals surface area contributed by atoms with Crippen molar-refractivity contribution >= 4 is 17.2 Å². The van der Waals surface area contributed by atoms with E-state index in [1.165, 1.54) is 18.9 Å². The predicted octanol–water partition coefficient (Wildman–Crippen LogP) is 3.17. The van der Waals surface area contributed by atoms with Crippen LogP contribution in [0, 0.1) is 11.6 Å². The molecule has 0 aromatic heterocycles. The molecule has 1 fully saturated rings. The van der Waals surface area contributed by atoms with Crippen molar-refractivity contribution < 1.29 is 8.78 Å². The van der Waals surface area contributed by atoms with Crippen molar-refractivity contribution in [2.45, 2.75) is 31.7 Å². The summed E-state index contributed by atoms with van der Waals surface area (Å²) in [6, 6.07) is 3.59. The number of thiocarbonyl (C=S) groups is 1. The first-order valence-corrected chi connectivity index (χ1v) is 6.99. The molecule has 2 N–H and O–H groups in total. The van der Waals surface area contributed by atoms with Crippen molar-refractivity contribution in [2.75, 3.05) is 13.1 Å². The predicted molar refractivity (Wildman–Crippen MR) is 75.9 cm³/mol. The van der Waals surface area contributed by atoms with Crippen LogP contribution in [0.1, 0.15) is 37.3 Å². The molecule has 0 saturated carbocycles. The molecule has 1 aliphatic heterocycles. The van der Waals surface area contributed by atoms with Gasteiger partial charge in [0.15, 0.2) is 11.6 Å². The minimum atomic E-state index is -0.853. The van der Waals surface area contributed by atoms with E-state index in [2.05, 4.69) is 4.90 Å². The summed E-state index contributed by atoms with van der Waals surface area (Å²) < 4.78 is 26.4. The van der Waals surface area contributed by atoms with Crippen molar-refractivity contribution in [2.24, 2.45) is 5.73 Å². The standard InChI is InChI=1S/C14H18F2N2S/c15-11-6-5-10(9-12(11)16)13(14(17)19)18-7-3-1-2-4-8-18/h5-6,9,13H,1-4,7-8H2,(H2,17,19). The molecule has 19 heavy (non-hydrogen) atoms. The summed E-state index contributed by atoms with van der Waals surface area (Å²) in [5, 5.41) is 0. The maximum atomic E-state index is 13.4. The molecule has 1 aliphatic rings. The van der Waals surface area contributed by atoms with Crippen LogP contribution in [0.2, 0.25) is 0 Å². The molecule has 104 valence electrons. The number of hydrogen-bond acceptors (Lipinski definition) is 2. The molecule has 1 atom stereocenters. The van der Waals surface area contributed by atoms with E-state index in [1.54, 1.807) is 6.07 Å². The van der Waals surface area contributed by atoms with Crippen molar-refractivity contribution in [3.8, 4) is 0 Å². The Balaban J connectivity index is 2.27. The highest BCUT2D eigenvalue weighted by Gasteiger charge is 2.24. The molecule has 1 heterocycles. The molecule has 2 rings (SSSR count). The average Bonchev–Trinajstić information content (AvgIpc) is 2.62. The van der Waals surface area contributed by atoms with Crippen LogP contribution in [-0.2, 0) is 0 Å². The lowest BCUT2D eigenvalue weighted by atomic mass is 10.0. The Kier molecular flexibility index (Phi) is 4.82. The lowest BCUT2D eigenvalue weighted by Crippen LogP contribution is -2.37. The number of halogens is 2. The molecule has 5 heteroatoms. The van der Waals surface area contributed by atoms with Crippen molar-refractivity contribution in [1.29, 1.82) is 0 Å². The molecule has 1 aromatic carbocycles. The lowest BCUT2D eigenvalue weighted by Gasteiger charge is -2.30. The monoisotopic (exact) mass is 284 g/mol. The first kappa shape index (κ1) is 14.3. The van der Waals surface area contributed by atoms with E-state index in [-0.39, 0.29) is 6.04 Å². The number of likely N-dealkylation sites (tertiary alicyclic amines) is 1. The summed E-state index contributed by atoms with van der Waals surface area (Å²) in [5.41, 5.74) is 6.44. The lowest BCUT2D eigenvalue weighted by molar-refractivity contribution is 0.254. The fourth-order valence-electron chi connectivity index (χ4n) is 2.59. The van der Waals surface area contributed by atoms with E-state index < -0.39 is 11.6 Å². The highest BCUT2D eigenvalue weighted by Crippen LogP contribution is 2.25. The number of rotatable bonds is 3. The van der Waals surface area contributed by atoms with Crippen LogP contribution < -0.4 is 5.73 Å². The third-order valence-corrected chi connectivity index (χ3v) is 3.76. The maximum Gasteiger partial charge on any atom is 0.159 e. The second-order valence-corrected chi connectivity index (χ2v) is 5.40. The van der Waals surface area contributed by atoms with Crippen LogP contribution in [0.5, 0.6) is 0 Å². The van der Waals surface area contributed by atoms with E-state index in [9.17, 15) is 8.78 Å². The summed E-state index contributed by atoms with van der Waals surface area (Å²) in [4.78, 5) is 2.48. The Bertz CT molecular complexity index is 457. The number of hydrogen-bond donors (Lipinski definition) is 1. The summed E-state index contributed by atoms with van der Waals surface area (Å²) >= 11 is 5.12. The number of benzene rings is 1. The largest absolute Gasteiger partial charge is 0.392 e. The molecule has 0 bridgehead atoms. The second-order valence-electron chi connectivity index (χ2n) is 4.93. The van der Waals surface area contributed by atoms with Gasteiger partial charge in [-0.25, -0.2) is 8.78 Å². The van der Waals surface area contributed by atoms with Crippen molar-refractivity contribution in [3.05, 3.63) is 35.4 Å². The summed E-state index contributed by atoms with van der Waals surface area (Å²) in [5.74, 6) is -1.70. The maximum absolute atomic E-state index is 13.4. The quantitative estimate of drug-likeness (QED) is 0.865. The fraction of sp³-hybridized carbons (Fsp3) is 0.500. The van der Waals surface area contributed by atoms with Gasteiger partial charge in [-0.2, -0.15) is 0 Å². The van der Waals surface area contributed by atoms with E-state index in [0.717, 1.165) is 32.0 Å². The van der Waals surface area contributed by atoms with Gasteiger partial charge in [0.25, 0.3) is 0 Å². The highest BCUT2D eigenvalue weighted by molar-refractivity contribution is 7.80. The zero-order chi connectivity index (χ0) is 13.8. The minimum Gasteiger partial charge on any atom is -0.392 e. The average molecular weight is 284 g/mol. The van der Waals surface area contributed by atoms with Gasteiger partial charge in [0, 0.05) is 0 Å². The van der Waals surface area contributed by atoms with Gasteiger partial charge in [-0.15, -0.1) is 0 Å². The Labute approximate surface area is 117 Å². The van der Waals surface area contributed by atoms with Crippen LogP contribution in [0.4, 0.5) is 8.78 Å². The Morgan fingerprint density at radius 3 is 2.26 bits per heavy atom. The third kappa shape index (κ3) is 3.48. The SMILES string of the molecule is NC(=S)C(c1ccc(F)c(F)c1)N1CCCCCC1. The molecule has 0 amide bonds. The van der Waals surface area contributed by atoms with Gasteiger partial charge in [-0.05, 0) is 43.6 Å². The third-order valence-electron chi connectivity index (χ3n) is 3.53. The van der Waals surface area contributed by atoms with E-state index >= 15 is 0 Å². The normalized spacial score (nSPS) is 18.8. The molecule has 0 spiro atoms. The fourth-order valence-corrected chi connectivity index (χ4v) is 2.88. The molecule has 2 nitrogen and oxygen atoms in total. The topological polar surface area (TPSA) is 29.3 Å². The van der Waals surface area contributed by atoms with Gasteiger partial charge < -0.3 is 5.73 Å². The van der Waals surface area contributed by atoms with Gasteiger partial charge in [0.2, 0.25) is 0 Å². The second kappa shape index (κ2) is 6.39. The summed E-state index contributed by atoms with van der Waals surface area (Å²) in [6.45, 7) is 1.78. The van der Waals surface area contributed by atoms with Gasteiger partial charge in [-0.1, -0.05) is 31.1 Å². The van der Waals surface area contributed by atoms with E-state index in [0.29, 0.717) is 10.6 Å². The summed E-state index contributed by atoms with van der Waals surface area (Å²) in [6.07, 6.45) is 4.56. The zero-order valence-corrected chi connectivity index (χ0v) is 11.6. The van der Waals surface area contributed by atoms with Crippen LogP contribution in [0.25, 0.3) is 0 Å². The van der Waals surface area contributed by atoms with E-state index in [4.69, 9.17) is 18.0 Å². The molecular formula is C14H18F2N2S. The van der Waals surface area contributed by atoms with Gasteiger partial charge >= 0.3 is 0 Å². The molecule has 1 aromatic rings. The molecule has 1 unspecified atom stereocenters. The van der Waals surface area contributed by atoms with Crippen molar-refractivity contribution in [1.82, 2.24) is 4.90 Å². The Morgan fingerprint density at radius 2 is 1.74 bits per heavy atom. The van der Waals surface area contributed by atoms with Gasteiger partial charge in [0.1, 0.15) is 0 Å². The van der Waals surface area contributed by atoms with Crippen molar-refractivity contribution in [3.63, 3.8) is 0 Å². The summed E-state index contributed by atoms with van der Waals surface area (Å²) in [7, 11) is 0. The highest BCUT2D eigenvalue weighted by atomic mass is 32.1. The molecule has 0 radical (unpaired) electrons. The smallest absolute Gasteiger partial charge is 0.159 e.